The molecule has 0 aromatic carbocycles. The lowest BCUT2D eigenvalue weighted by molar-refractivity contribution is -0.873. The third kappa shape index (κ3) is 21.6. The summed E-state index contributed by atoms with van der Waals surface area (Å²) < 4.78 is 46.8. The highest BCUT2D eigenvalue weighted by molar-refractivity contribution is 5.69. The van der Waals surface area contributed by atoms with Crippen molar-refractivity contribution in [2.45, 2.75) is 186 Å². The van der Waals surface area contributed by atoms with Gasteiger partial charge in [0.25, 0.3) is 0 Å². The maximum Gasteiger partial charge on any atom is 0.303 e. The number of hydroxylamine groups is 3. The number of aldehydes is 3. The molecule has 4 aliphatic heterocycles. The van der Waals surface area contributed by atoms with Crippen LogP contribution in [0.1, 0.15) is 38.5 Å². The second-order valence-corrected chi connectivity index (χ2v) is 20.3. The Morgan fingerprint density at radius 1 is 0.506 bits per heavy atom. The van der Waals surface area contributed by atoms with Crippen molar-refractivity contribution < 1.29 is 170 Å². The molecule has 0 amide bonds. The van der Waals surface area contributed by atoms with Gasteiger partial charge < -0.3 is 141 Å². The van der Waals surface area contributed by atoms with E-state index in [0.29, 0.717) is 18.9 Å². The van der Waals surface area contributed by atoms with Gasteiger partial charge in [-0.05, 0) is 19.3 Å². The van der Waals surface area contributed by atoms with Crippen LogP contribution in [0.15, 0.2) is 0 Å². The summed E-state index contributed by atoms with van der Waals surface area (Å²) in [6.45, 7) is -3.48. The summed E-state index contributed by atoms with van der Waals surface area (Å²) in [6.07, 6.45) is -40.8. The summed E-state index contributed by atoms with van der Waals surface area (Å²) in [7, 11) is 5.35. The molecule has 81 heavy (non-hydrogen) atoms. The molecule has 0 saturated carbocycles. The van der Waals surface area contributed by atoms with Gasteiger partial charge in [-0.1, -0.05) is 0 Å². The molecule has 0 spiro atoms. The molecular weight excluding hydrogens is 1130 g/mol. The van der Waals surface area contributed by atoms with E-state index in [-0.39, 0.29) is 49.3 Å². The third-order valence-electron chi connectivity index (χ3n) is 12.8. The van der Waals surface area contributed by atoms with E-state index in [9.17, 15) is 84.9 Å². The van der Waals surface area contributed by atoms with Gasteiger partial charge in [0.1, 0.15) is 129 Å². The number of aliphatic hydroxyl groups is 11. The highest BCUT2D eigenvalue weighted by Gasteiger charge is 2.56. The van der Waals surface area contributed by atoms with Crippen LogP contribution in [-0.4, -0.2) is 321 Å². The van der Waals surface area contributed by atoms with E-state index >= 15 is 0 Å². The van der Waals surface area contributed by atoms with E-state index in [0.717, 1.165) is 0 Å². The molecule has 0 radical (unpaired) electrons. The minimum Gasteiger partial charge on any atom is -1.00 e. The first-order valence-corrected chi connectivity index (χ1v) is 25.3. The van der Waals surface area contributed by atoms with Crippen molar-refractivity contribution in [2.75, 3.05) is 60.7 Å². The molecule has 4 rings (SSSR count). The maximum atomic E-state index is 11.7. The molecule has 24 atom stereocenters. The average Bonchev–Trinajstić information content (AvgIpc) is 3.40. The van der Waals surface area contributed by atoms with E-state index in [1.807, 2.05) is 0 Å². The first-order chi connectivity index (χ1) is 37.8. The molecule has 36 heteroatoms. The molecule has 17 N–H and O–H groups in total. The molecule has 0 aromatic rings. The number of carbonyl (C=O) groups is 6. The van der Waals surface area contributed by atoms with Crippen LogP contribution in [0.25, 0.3) is 0 Å². The van der Waals surface area contributed by atoms with Crippen molar-refractivity contribution in [3.05, 3.63) is 0 Å². The number of nitrogens with zero attached hydrogens (tertiary/aromatic N) is 1. The fourth-order valence-corrected chi connectivity index (χ4v) is 8.60. The number of aliphatic hydroxyl groups excluding tert-OH is 11. The highest BCUT2D eigenvalue weighted by Crippen LogP contribution is 2.35. The van der Waals surface area contributed by atoms with E-state index < -0.39 is 211 Å². The summed E-state index contributed by atoms with van der Waals surface area (Å²) in [4.78, 5) is 84.1. The molecule has 4 heterocycles. The molecule has 35 nitrogen and oxygen atoms in total. The van der Waals surface area contributed by atoms with Gasteiger partial charge in [0.15, 0.2) is 18.9 Å². The Morgan fingerprint density at radius 3 is 1.25 bits per heavy atom. The summed E-state index contributed by atoms with van der Waals surface area (Å²) in [5.74, 6) is -3.71. The third-order valence-corrected chi connectivity index (χ3v) is 12.8. The monoisotopic (exact) mass is 1200 g/mol. The summed E-state index contributed by atoms with van der Waals surface area (Å²) in [5, 5.41) is 149. The summed E-state index contributed by atoms with van der Waals surface area (Å²) in [6, 6.07) is -3.66. The van der Waals surface area contributed by atoms with Crippen molar-refractivity contribution >= 4 is 36.8 Å². The van der Waals surface area contributed by atoms with Crippen LogP contribution in [0.4, 0.5) is 0 Å². The van der Waals surface area contributed by atoms with Gasteiger partial charge in [0.05, 0.1) is 72.3 Å². The Hall–Kier alpha value is -3.33. The normalized spacial score (nSPS) is 36.1. The molecule has 0 aromatic heterocycles. The number of carboxylic acids is 3. The predicted octanol–water partition coefficient (Wildman–Crippen LogP) is -12.8. The van der Waals surface area contributed by atoms with Gasteiger partial charge in [-0.3, -0.25) is 28.9 Å². The fourth-order valence-electron chi connectivity index (χ4n) is 8.60. The Kier molecular flexibility index (Phi) is 30.7. The van der Waals surface area contributed by atoms with Crippen molar-refractivity contribution in [3.63, 3.8) is 0 Å². The molecule has 21 unspecified atom stereocenters. The Bertz CT molecular complexity index is 1920. The number of quaternary nitrogens is 1. The van der Waals surface area contributed by atoms with Gasteiger partial charge in [-0.2, -0.15) is 16.4 Å². The van der Waals surface area contributed by atoms with E-state index in [1.165, 1.54) is 0 Å². The number of carboxylic acid groups (broad SMARTS) is 3. The lowest BCUT2D eigenvalue weighted by Gasteiger charge is -2.49. The van der Waals surface area contributed by atoms with Crippen LogP contribution >= 0.6 is 0 Å². The molecule has 0 bridgehead atoms. The zero-order valence-corrected chi connectivity index (χ0v) is 44.9. The lowest BCUT2D eigenvalue weighted by atomic mass is 9.95. The van der Waals surface area contributed by atoms with Crippen molar-refractivity contribution in [1.29, 1.82) is 0 Å². The Balaban J connectivity index is 0.0000172. The largest absolute Gasteiger partial charge is 1.00 e. The average molecular weight is 1210 g/mol. The number of ether oxygens (including phenoxy) is 8. The van der Waals surface area contributed by atoms with Crippen molar-refractivity contribution in [3.8, 4) is 0 Å². The van der Waals surface area contributed by atoms with E-state index in [2.05, 4.69) is 16.4 Å². The van der Waals surface area contributed by atoms with Crippen LogP contribution in [0.2, 0.25) is 0 Å². The van der Waals surface area contributed by atoms with Crippen LogP contribution in [0.5, 0.6) is 0 Å². The molecule has 470 valence electrons. The Morgan fingerprint density at radius 2 is 0.852 bits per heavy atom. The van der Waals surface area contributed by atoms with Crippen LogP contribution in [0.3, 0.4) is 0 Å². The minimum absolute atomic E-state index is 0. The predicted molar refractivity (Wildman–Crippen MR) is 253 cm³/mol. The van der Waals surface area contributed by atoms with Gasteiger partial charge in [0, 0.05) is 19.3 Å². The standard InChI is InChI=1S/C45H76N4O31.ClH/c1-49(2,3)10-22(55)16-70-17-25-40(78-44-36(68)33(65)41(79-47-20(12-51)5-8-28(58)59)26(75-44)18-71-46-19(11-50)4-7-27(56)57)31(63)35(67)43(74-25)77-38-23(14-53)72-42(34(66)30(38)62)76-39-24(15-54)73-45(37(69)32(39)64)80-48-21(13-52)6-9-29(60)61;/h11-13,19-26,30-48,53-55,62-69H,4-10,14-18H2,1-3H3,(H2-,56,57,58,59,60,61);1H/t19-,20-,21-,22?,23?,24?,25?,26?,30?,31?,32?,33?,34?,35?,36?,37?,38?,39?,40?,41?,42?,43?,44?,45?;/m0./s1. The molecule has 4 saturated heterocycles. The van der Waals surface area contributed by atoms with Gasteiger partial charge in [-0.25, -0.2) is 0 Å². The van der Waals surface area contributed by atoms with Gasteiger partial charge >= 0.3 is 17.9 Å². The zero-order chi connectivity index (χ0) is 59.6. The van der Waals surface area contributed by atoms with Crippen molar-refractivity contribution in [2.24, 2.45) is 0 Å². The summed E-state index contributed by atoms with van der Waals surface area (Å²) >= 11 is 0. The molecule has 4 aliphatic rings. The van der Waals surface area contributed by atoms with Crippen LogP contribution in [0, 0.1) is 0 Å². The number of halogens is 1. The second-order valence-electron chi connectivity index (χ2n) is 20.3. The number of rotatable bonds is 36. The Labute approximate surface area is 468 Å². The second kappa shape index (κ2) is 34.6. The molecule has 0 aliphatic carbocycles. The smallest absolute Gasteiger partial charge is 0.303 e. The number of aliphatic carboxylic acids is 3. The number of hydrogen-bond donors (Lipinski definition) is 17. The first kappa shape index (κ1) is 71.9. The maximum absolute atomic E-state index is 11.7. The number of hydrogen-bond acceptors (Lipinski definition) is 31. The van der Waals surface area contributed by atoms with E-state index in [4.69, 9.17) is 67.7 Å². The topological polar surface area (TPSA) is 523 Å². The molecule has 4 fully saturated rings. The highest BCUT2D eigenvalue weighted by atomic mass is 35.5. The first-order valence-electron chi connectivity index (χ1n) is 25.3. The minimum atomic E-state index is -2.21. The quantitative estimate of drug-likeness (QED) is 0.0157. The van der Waals surface area contributed by atoms with E-state index in [1.54, 1.807) is 21.1 Å². The number of carbonyl (C=O) groups excluding carboxylic acids is 3. The zero-order valence-electron chi connectivity index (χ0n) is 44.1. The lowest BCUT2D eigenvalue weighted by Crippen LogP contribution is -3.00. The summed E-state index contributed by atoms with van der Waals surface area (Å²) in [5.41, 5.74) is 6.81. The van der Waals surface area contributed by atoms with Crippen LogP contribution < -0.4 is 28.8 Å². The van der Waals surface area contributed by atoms with Gasteiger partial charge in [0.2, 0.25) is 6.29 Å². The number of likely N-dealkylation sites (N-methyl/N-ethyl adjacent to an activating group) is 1. The molecular formula is C45H77ClN4O31. The van der Waals surface area contributed by atoms with Crippen LogP contribution in [-0.2, 0) is 81.2 Å². The number of nitrogens with one attached hydrogen (secondary N) is 3. The van der Waals surface area contributed by atoms with Gasteiger partial charge in [-0.15, -0.1) is 0 Å². The fraction of sp³-hybridized carbons (Fsp3) is 0.867. The van der Waals surface area contributed by atoms with Crippen molar-refractivity contribution in [1.82, 2.24) is 16.4 Å². The SMILES string of the molecule is C[N+](C)(C)CC(O)COCC1OC(OC2C(CO)OC(OC3C(CO)OC(ON[C@H](C=O)CCC(=O)O)C(O)C3O)C(O)C2O)C(O)C(O)C1OC1OC(CON[C@H](C=O)CCC(=O)O)C(ON[C@H](C=O)CCC(=O)O)C(O)C1O.[Cl-].